The van der Waals surface area contributed by atoms with E-state index in [2.05, 4.69) is 15.5 Å². The SMILES string of the molecule is Cc1ccc(C(N)C(=O)N2CCC(Nc3cccnn3)CC2)cc1. The fourth-order valence-corrected chi connectivity index (χ4v) is 2.94. The third-order valence-electron chi connectivity index (χ3n) is 4.43. The summed E-state index contributed by atoms with van der Waals surface area (Å²) in [6.45, 7) is 3.43. The van der Waals surface area contributed by atoms with E-state index in [9.17, 15) is 4.79 Å². The van der Waals surface area contributed by atoms with E-state index in [0.29, 0.717) is 19.1 Å². The van der Waals surface area contributed by atoms with Gasteiger partial charge < -0.3 is 16.0 Å². The number of anilines is 1. The number of amides is 1. The summed E-state index contributed by atoms with van der Waals surface area (Å²) in [6, 6.07) is 11.3. The van der Waals surface area contributed by atoms with Crippen LogP contribution in [0.25, 0.3) is 0 Å². The van der Waals surface area contributed by atoms with Crippen molar-refractivity contribution in [3.8, 4) is 0 Å². The van der Waals surface area contributed by atoms with Crippen molar-refractivity contribution in [3.63, 3.8) is 0 Å². The lowest BCUT2D eigenvalue weighted by molar-refractivity contribution is -0.133. The van der Waals surface area contributed by atoms with Crippen LogP contribution in [0.15, 0.2) is 42.6 Å². The van der Waals surface area contributed by atoms with Gasteiger partial charge in [-0.25, -0.2) is 0 Å². The molecule has 24 heavy (non-hydrogen) atoms. The molecule has 6 nitrogen and oxygen atoms in total. The van der Waals surface area contributed by atoms with E-state index in [1.165, 1.54) is 0 Å². The molecule has 2 heterocycles. The summed E-state index contributed by atoms with van der Waals surface area (Å²) in [5.74, 6) is 0.774. The molecule has 1 unspecified atom stereocenters. The van der Waals surface area contributed by atoms with Crippen molar-refractivity contribution < 1.29 is 4.79 Å². The topological polar surface area (TPSA) is 84.1 Å². The normalized spacial score (nSPS) is 16.7. The van der Waals surface area contributed by atoms with Gasteiger partial charge in [0.25, 0.3) is 0 Å². The number of hydrogen-bond donors (Lipinski definition) is 2. The summed E-state index contributed by atoms with van der Waals surface area (Å²) in [5.41, 5.74) is 8.18. The summed E-state index contributed by atoms with van der Waals surface area (Å²) in [7, 11) is 0. The number of carbonyl (C=O) groups excluding carboxylic acids is 1. The predicted octanol–water partition coefficient (Wildman–Crippen LogP) is 1.89. The van der Waals surface area contributed by atoms with E-state index >= 15 is 0 Å². The van der Waals surface area contributed by atoms with Crippen molar-refractivity contribution in [2.75, 3.05) is 18.4 Å². The molecule has 6 heteroatoms. The average Bonchev–Trinajstić information content (AvgIpc) is 2.63. The van der Waals surface area contributed by atoms with Crippen LogP contribution in [0.3, 0.4) is 0 Å². The summed E-state index contributed by atoms with van der Waals surface area (Å²) >= 11 is 0. The fraction of sp³-hybridized carbons (Fsp3) is 0.389. The summed E-state index contributed by atoms with van der Waals surface area (Å²) in [6.07, 6.45) is 3.41. The fourth-order valence-electron chi connectivity index (χ4n) is 2.94. The van der Waals surface area contributed by atoms with Gasteiger partial charge >= 0.3 is 0 Å². The molecule has 0 aliphatic carbocycles. The molecule has 0 spiro atoms. The molecule has 1 fully saturated rings. The maximum Gasteiger partial charge on any atom is 0.244 e. The number of piperidine rings is 1. The highest BCUT2D eigenvalue weighted by Crippen LogP contribution is 2.19. The predicted molar refractivity (Wildman–Crippen MR) is 93.4 cm³/mol. The molecule has 1 aliphatic heterocycles. The number of hydrogen-bond acceptors (Lipinski definition) is 5. The van der Waals surface area contributed by atoms with Crippen molar-refractivity contribution in [1.29, 1.82) is 0 Å². The van der Waals surface area contributed by atoms with Gasteiger partial charge in [0.05, 0.1) is 0 Å². The Morgan fingerprint density at radius 3 is 2.58 bits per heavy atom. The Bertz CT molecular complexity index is 666. The van der Waals surface area contributed by atoms with Gasteiger partial charge in [0, 0.05) is 25.3 Å². The zero-order valence-electron chi connectivity index (χ0n) is 13.9. The number of rotatable bonds is 4. The van der Waals surface area contributed by atoms with Gasteiger partial charge in [-0.3, -0.25) is 4.79 Å². The van der Waals surface area contributed by atoms with Crippen LogP contribution in [-0.2, 0) is 4.79 Å². The monoisotopic (exact) mass is 325 g/mol. The van der Waals surface area contributed by atoms with Crippen LogP contribution >= 0.6 is 0 Å². The number of carbonyl (C=O) groups is 1. The largest absolute Gasteiger partial charge is 0.366 e. The summed E-state index contributed by atoms with van der Waals surface area (Å²) in [4.78, 5) is 14.5. The Kier molecular flexibility index (Phi) is 5.05. The number of nitrogens with one attached hydrogen (secondary N) is 1. The van der Waals surface area contributed by atoms with Crippen LogP contribution in [0.4, 0.5) is 5.82 Å². The summed E-state index contributed by atoms with van der Waals surface area (Å²) in [5, 5.41) is 11.3. The maximum atomic E-state index is 12.6. The van der Waals surface area contributed by atoms with Crippen molar-refractivity contribution in [2.45, 2.75) is 31.8 Å². The molecule has 1 saturated heterocycles. The number of aryl methyl sites for hydroxylation is 1. The average molecular weight is 325 g/mol. The molecule has 1 amide bonds. The van der Waals surface area contributed by atoms with Gasteiger partial charge in [0.2, 0.25) is 5.91 Å². The molecule has 0 saturated carbocycles. The second kappa shape index (κ2) is 7.40. The zero-order valence-corrected chi connectivity index (χ0v) is 13.9. The third kappa shape index (κ3) is 3.89. The van der Waals surface area contributed by atoms with Crippen LogP contribution in [0.1, 0.15) is 30.0 Å². The second-order valence-corrected chi connectivity index (χ2v) is 6.24. The highest BCUT2D eigenvalue weighted by molar-refractivity contribution is 5.83. The number of likely N-dealkylation sites (tertiary alicyclic amines) is 1. The van der Waals surface area contributed by atoms with E-state index < -0.39 is 6.04 Å². The van der Waals surface area contributed by atoms with Crippen LogP contribution in [0, 0.1) is 6.92 Å². The molecule has 2 aromatic rings. The lowest BCUT2D eigenvalue weighted by Gasteiger charge is -2.34. The molecular formula is C18H23N5O. The Labute approximate surface area is 142 Å². The van der Waals surface area contributed by atoms with Crippen molar-refractivity contribution in [1.82, 2.24) is 15.1 Å². The Morgan fingerprint density at radius 2 is 1.96 bits per heavy atom. The quantitative estimate of drug-likeness (QED) is 0.897. The van der Waals surface area contributed by atoms with E-state index in [1.807, 2.05) is 48.2 Å². The molecular weight excluding hydrogens is 302 g/mol. The lowest BCUT2D eigenvalue weighted by Crippen LogP contribution is -2.46. The van der Waals surface area contributed by atoms with Crippen molar-refractivity contribution in [2.24, 2.45) is 5.73 Å². The van der Waals surface area contributed by atoms with Gasteiger partial charge in [-0.05, 0) is 37.5 Å². The Hall–Kier alpha value is -2.47. The standard InChI is InChI=1S/C18H23N5O/c1-13-4-6-14(7-5-13)17(19)18(24)23-11-8-15(9-12-23)21-16-3-2-10-20-22-16/h2-7,10,15,17H,8-9,11-12,19H2,1H3,(H,21,22). The minimum absolute atomic E-state index is 0.00296. The molecule has 1 aromatic carbocycles. The number of nitrogens with two attached hydrogens (primary N) is 1. The number of aromatic nitrogens is 2. The highest BCUT2D eigenvalue weighted by Gasteiger charge is 2.27. The van der Waals surface area contributed by atoms with Crippen LogP contribution in [0.5, 0.6) is 0 Å². The minimum Gasteiger partial charge on any atom is -0.366 e. The van der Waals surface area contributed by atoms with Crippen molar-refractivity contribution >= 4 is 11.7 Å². The second-order valence-electron chi connectivity index (χ2n) is 6.24. The smallest absolute Gasteiger partial charge is 0.244 e. The zero-order chi connectivity index (χ0) is 16.9. The van der Waals surface area contributed by atoms with Crippen molar-refractivity contribution in [3.05, 3.63) is 53.7 Å². The first-order valence-corrected chi connectivity index (χ1v) is 8.28. The molecule has 1 aliphatic rings. The molecule has 126 valence electrons. The molecule has 1 atom stereocenters. The molecule has 3 N–H and O–H groups in total. The van der Waals surface area contributed by atoms with Gasteiger partial charge in [0.1, 0.15) is 11.9 Å². The minimum atomic E-state index is -0.588. The number of nitrogens with zero attached hydrogens (tertiary/aromatic N) is 3. The lowest BCUT2D eigenvalue weighted by atomic mass is 10.0. The van der Waals surface area contributed by atoms with Crippen LogP contribution in [-0.4, -0.2) is 40.1 Å². The maximum absolute atomic E-state index is 12.6. The van der Waals surface area contributed by atoms with Crippen LogP contribution in [0.2, 0.25) is 0 Å². The Balaban J connectivity index is 1.54. The summed E-state index contributed by atoms with van der Waals surface area (Å²) < 4.78 is 0. The first-order chi connectivity index (χ1) is 11.6. The molecule has 3 rings (SSSR count). The third-order valence-corrected chi connectivity index (χ3v) is 4.43. The first-order valence-electron chi connectivity index (χ1n) is 8.28. The Morgan fingerprint density at radius 1 is 1.25 bits per heavy atom. The van der Waals surface area contributed by atoms with E-state index in [0.717, 1.165) is 29.8 Å². The molecule has 0 bridgehead atoms. The van der Waals surface area contributed by atoms with Gasteiger partial charge in [-0.2, -0.15) is 5.10 Å². The molecule has 1 aromatic heterocycles. The number of benzene rings is 1. The van der Waals surface area contributed by atoms with E-state index in [-0.39, 0.29) is 5.91 Å². The van der Waals surface area contributed by atoms with E-state index in [1.54, 1.807) is 6.20 Å². The molecule has 0 radical (unpaired) electrons. The van der Waals surface area contributed by atoms with E-state index in [4.69, 9.17) is 5.73 Å². The van der Waals surface area contributed by atoms with Gasteiger partial charge in [0.15, 0.2) is 0 Å². The van der Waals surface area contributed by atoms with Gasteiger partial charge in [-0.1, -0.05) is 29.8 Å². The highest BCUT2D eigenvalue weighted by atomic mass is 16.2. The van der Waals surface area contributed by atoms with Crippen LogP contribution < -0.4 is 11.1 Å². The van der Waals surface area contributed by atoms with Gasteiger partial charge in [-0.15, -0.1) is 5.10 Å². The first kappa shape index (κ1) is 16.4.